The summed E-state index contributed by atoms with van der Waals surface area (Å²) < 4.78 is 0. The minimum atomic E-state index is 1.23. The molecule has 0 nitrogen and oxygen atoms in total. The quantitative estimate of drug-likeness (QED) is 0.577. The molecule has 2 rings (SSSR count). The number of hydrogen-bond acceptors (Lipinski definition) is 0. The first-order chi connectivity index (χ1) is 8.93. The molecule has 1 aromatic rings. The third-order valence-electron chi connectivity index (χ3n) is 3.42. The molecule has 0 bridgehead atoms. The number of aryl methyl sites for hydroxylation is 1. The first-order valence-corrected chi connectivity index (χ1v) is 7.70. The van der Waals surface area contributed by atoms with Crippen molar-refractivity contribution >= 4 is 0 Å². The minimum Gasteiger partial charge on any atom is -0.0654 e. The fraction of sp³-hybridized carbons (Fsp3) is 0.611. The molecular weight excluding hydrogens is 216 g/mol. The molecule has 0 spiro atoms. The van der Waals surface area contributed by atoms with E-state index < -0.39 is 0 Å². The molecule has 1 aromatic carbocycles. The summed E-state index contributed by atoms with van der Waals surface area (Å²) in [5.74, 6) is 0. The highest BCUT2D eigenvalue weighted by Crippen LogP contribution is 2.14. The van der Waals surface area contributed by atoms with E-state index in [9.17, 15) is 0 Å². The molecule has 1 aliphatic carbocycles. The van der Waals surface area contributed by atoms with Crippen LogP contribution in [0.2, 0.25) is 0 Å². The van der Waals surface area contributed by atoms with Crippen LogP contribution in [0.1, 0.15) is 70.3 Å². The van der Waals surface area contributed by atoms with Crippen LogP contribution in [0.4, 0.5) is 0 Å². The third kappa shape index (κ3) is 8.33. The molecule has 0 heterocycles. The molecule has 0 amide bonds. The third-order valence-corrected chi connectivity index (χ3v) is 3.42. The van der Waals surface area contributed by atoms with Gasteiger partial charge in [-0.1, -0.05) is 82.6 Å². The maximum absolute atomic E-state index is 3.03. The molecule has 0 N–H and O–H groups in total. The molecule has 1 fully saturated rings. The Bertz CT molecular complexity index is 247. The first kappa shape index (κ1) is 15.3. The average molecular weight is 244 g/mol. The van der Waals surface area contributed by atoms with E-state index >= 15 is 0 Å². The Balaban J connectivity index is 0.000000225. The average Bonchev–Trinajstić information content (AvgIpc) is 2.47. The monoisotopic (exact) mass is 244 g/mol. The molecule has 0 unspecified atom stereocenters. The lowest BCUT2D eigenvalue weighted by atomic mass is 10.0. The fourth-order valence-electron chi connectivity index (χ4n) is 2.24. The van der Waals surface area contributed by atoms with Gasteiger partial charge in [0.05, 0.1) is 0 Å². The van der Waals surface area contributed by atoms with Crippen LogP contribution in [-0.4, -0.2) is 0 Å². The summed E-state index contributed by atoms with van der Waals surface area (Å²) in [5.41, 5.74) is 1.45. The van der Waals surface area contributed by atoms with Gasteiger partial charge in [0, 0.05) is 0 Å². The number of benzene rings is 1. The Morgan fingerprint density at radius 1 is 0.944 bits per heavy atom. The van der Waals surface area contributed by atoms with Crippen LogP contribution in [0.15, 0.2) is 24.3 Å². The highest BCUT2D eigenvalue weighted by atomic mass is 14.0. The Morgan fingerprint density at radius 3 is 2.17 bits per heavy atom. The van der Waals surface area contributed by atoms with Gasteiger partial charge < -0.3 is 0 Å². The number of unbranched alkanes of at least 4 members (excludes halogenated alkanes) is 3. The molecule has 18 heavy (non-hydrogen) atoms. The van der Waals surface area contributed by atoms with Gasteiger partial charge in [-0.25, -0.2) is 0 Å². The molecule has 2 radical (unpaired) electrons. The molecule has 1 aliphatic rings. The first-order valence-electron chi connectivity index (χ1n) is 7.70. The number of rotatable bonds is 5. The van der Waals surface area contributed by atoms with Gasteiger partial charge >= 0.3 is 0 Å². The normalized spacial score (nSPS) is 14.7. The smallest absolute Gasteiger partial charge is 0.0184 e. The van der Waals surface area contributed by atoms with E-state index in [2.05, 4.69) is 31.5 Å². The highest BCUT2D eigenvalue weighted by molar-refractivity contribution is 5.13. The van der Waals surface area contributed by atoms with Gasteiger partial charge in [-0.15, -0.1) is 0 Å². The fourth-order valence-corrected chi connectivity index (χ4v) is 2.24. The van der Waals surface area contributed by atoms with E-state index in [0.717, 1.165) is 0 Å². The van der Waals surface area contributed by atoms with Gasteiger partial charge in [-0.05, 0) is 30.9 Å². The SMILES string of the molecule is CCCCCCc1cc[c]cc1.[CH]1CCCCC1. The summed E-state index contributed by atoms with van der Waals surface area (Å²) in [6.07, 6.45) is 16.1. The molecule has 0 heteroatoms. The van der Waals surface area contributed by atoms with Crippen LogP contribution < -0.4 is 0 Å². The summed E-state index contributed by atoms with van der Waals surface area (Å²) in [5, 5.41) is 0. The summed E-state index contributed by atoms with van der Waals surface area (Å²) in [6, 6.07) is 11.3. The Morgan fingerprint density at radius 2 is 1.67 bits per heavy atom. The lowest BCUT2D eigenvalue weighted by Gasteiger charge is -2.05. The predicted molar refractivity (Wildman–Crippen MR) is 80.5 cm³/mol. The van der Waals surface area contributed by atoms with E-state index in [4.69, 9.17) is 0 Å². The topological polar surface area (TPSA) is 0 Å². The van der Waals surface area contributed by atoms with Crippen LogP contribution >= 0.6 is 0 Å². The maximum atomic E-state index is 3.03. The zero-order chi connectivity index (χ0) is 12.9. The lowest BCUT2D eigenvalue weighted by Crippen LogP contribution is -1.87. The zero-order valence-corrected chi connectivity index (χ0v) is 12.0. The maximum Gasteiger partial charge on any atom is -0.0184 e. The van der Waals surface area contributed by atoms with Gasteiger partial charge in [0.2, 0.25) is 0 Å². The second-order valence-electron chi connectivity index (χ2n) is 5.15. The molecule has 0 saturated heterocycles. The van der Waals surface area contributed by atoms with Crippen LogP contribution in [0.25, 0.3) is 0 Å². The van der Waals surface area contributed by atoms with Crippen LogP contribution in [0.5, 0.6) is 0 Å². The molecule has 0 atom stereocenters. The summed E-state index contributed by atoms with van der Waals surface area (Å²) in [4.78, 5) is 0. The Labute approximate surface area is 114 Å². The van der Waals surface area contributed by atoms with Gasteiger partial charge in [0.15, 0.2) is 0 Å². The molecule has 0 aliphatic heterocycles. The van der Waals surface area contributed by atoms with Gasteiger partial charge in [0.1, 0.15) is 0 Å². The van der Waals surface area contributed by atoms with Crippen molar-refractivity contribution in [1.82, 2.24) is 0 Å². The van der Waals surface area contributed by atoms with Crippen molar-refractivity contribution in [3.8, 4) is 0 Å². The van der Waals surface area contributed by atoms with Crippen LogP contribution in [0, 0.1) is 12.5 Å². The molecule has 1 saturated carbocycles. The molecular formula is C18H28. The van der Waals surface area contributed by atoms with E-state index in [1.165, 1.54) is 69.8 Å². The zero-order valence-electron chi connectivity index (χ0n) is 12.0. The van der Waals surface area contributed by atoms with Gasteiger partial charge in [0.25, 0.3) is 0 Å². The Kier molecular flexibility index (Phi) is 9.61. The van der Waals surface area contributed by atoms with Crippen molar-refractivity contribution < 1.29 is 0 Å². The molecule has 0 aromatic heterocycles. The number of hydrogen-bond donors (Lipinski definition) is 0. The van der Waals surface area contributed by atoms with E-state index in [0.29, 0.717) is 0 Å². The second kappa shape index (κ2) is 11.3. The minimum absolute atomic E-state index is 1.23. The van der Waals surface area contributed by atoms with Gasteiger partial charge in [-0.3, -0.25) is 0 Å². The lowest BCUT2D eigenvalue weighted by molar-refractivity contribution is 0.593. The van der Waals surface area contributed by atoms with Crippen molar-refractivity contribution in [3.05, 3.63) is 42.3 Å². The largest absolute Gasteiger partial charge is 0.0654 e. The van der Waals surface area contributed by atoms with E-state index in [1.54, 1.807) is 0 Å². The van der Waals surface area contributed by atoms with Crippen LogP contribution in [0.3, 0.4) is 0 Å². The second-order valence-corrected chi connectivity index (χ2v) is 5.15. The van der Waals surface area contributed by atoms with E-state index in [1.807, 2.05) is 12.1 Å². The summed E-state index contributed by atoms with van der Waals surface area (Å²) >= 11 is 0. The van der Waals surface area contributed by atoms with Gasteiger partial charge in [-0.2, -0.15) is 0 Å². The summed E-state index contributed by atoms with van der Waals surface area (Å²) in [6.45, 7) is 2.25. The van der Waals surface area contributed by atoms with Crippen molar-refractivity contribution in [2.24, 2.45) is 0 Å². The molecule has 100 valence electrons. The van der Waals surface area contributed by atoms with Crippen LogP contribution in [-0.2, 0) is 6.42 Å². The van der Waals surface area contributed by atoms with Crippen molar-refractivity contribution in [1.29, 1.82) is 0 Å². The Hall–Kier alpha value is -0.780. The van der Waals surface area contributed by atoms with E-state index in [-0.39, 0.29) is 0 Å². The predicted octanol–water partition coefficient (Wildman–Crippen LogP) is 5.76. The summed E-state index contributed by atoms with van der Waals surface area (Å²) in [7, 11) is 0. The highest BCUT2D eigenvalue weighted by Gasteiger charge is 1.95. The van der Waals surface area contributed by atoms with Crippen molar-refractivity contribution in [2.75, 3.05) is 0 Å². The standard InChI is InChI=1S/C12H17.C6H11/c1-2-3-4-6-9-12-10-7-5-8-11-12;1-2-4-6-5-3-1/h7-8,10-11H,2-4,6,9H2,1H3;1H,2-6H2. The van der Waals surface area contributed by atoms with Crippen molar-refractivity contribution in [2.45, 2.75) is 71.1 Å². The van der Waals surface area contributed by atoms with Crippen molar-refractivity contribution in [3.63, 3.8) is 0 Å².